The first-order chi connectivity index (χ1) is 6.89. The lowest BCUT2D eigenvalue weighted by Crippen LogP contribution is -2.21. The Morgan fingerprint density at radius 2 is 2.07 bits per heavy atom. The molecule has 2 atom stereocenters. The van der Waals surface area contributed by atoms with Gasteiger partial charge in [0.15, 0.2) is 0 Å². The van der Waals surface area contributed by atoms with Crippen LogP contribution in [0.15, 0.2) is 12.1 Å². The molecule has 0 bridgehead atoms. The third kappa shape index (κ3) is 1.70. The summed E-state index contributed by atoms with van der Waals surface area (Å²) in [7, 11) is 0. The highest BCUT2D eigenvalue weighted by Gasteiger charge is 2.36. The Labute approximate surface area is 83.7 Å². The average molecular weight is 218 g/mol. The van der Waals surface area contributed by atoms with Crippen molar-refractivity contribution in [2.75, 3.05) is 0 Å². The quantitative estimate of drug-likeness (QED) is 0.683. The summed E-state index contributed by atoms with van der Waals surface area (Å²) in [6.45, 7) is 0. The van der Waals surface area contributed by atoms with Crippen molar-refractivity contribution in [1.82, 2.24) is 4.98 Å². The van der Waals surface area contributed by atoms with Gasteiger partial charge in [-0.2, -0.15) is 13.2 Å². The van der Waals surface area contributed by atoms with E-state index in [4.69, 9.17) is 5.73 Å². The van der Waals surface area contributed by atoms with Crippen molar-refractivity contribution in [3.05, 3.63) is 29.1 Å². The first-order valence-electron chi connectivity index (χ1n) is 4.40. The molecule has 0 fully saturated rings. The number of hydrogen-bond donors (Lipinski definition) is 2. The predicted octanol–water partition coefficient (Wildman–Crippen LogP) is 1.02. The number of alkyl halides is 3. The van der Waals surface area contributed by atoms with Gasteiger partial charge in [-0.1, -0.05) is 6.07 Å². The van der Waals surface area contributed by atoms with Crippen LogP contribution in [-0.2, 0) is 12.6 Å². The molecular formula is C9H9F3N2O. The van der Waals surface area contributed by atoms with E-state index in [2.05, 4.69) is 4.98 Å². The zero-order valence-corrected chi connectivity index (χ0v) is 7.62. The Morgan fingerprint density at radius 3 is 2.67 bits per heavy atom. The van der Waals surface area contributed by atoms with E-state index in [1.54, 1.807) is 0 Å². The molecule has 2 rings (SSSR count). The molecule has 1 aromatic heterocycles. The number of nitrogens with zero attached hydrogens (tertiary/aromatic N) is 1. The fourth-order valence-electron chi connectivity index (χ4n) is 1.67. The van der Waals surface area contributed by atoms with Gasteiger partial charge in [-0.15, -0.1) is 0 Å². The van der Waals surface area contributed by atoms with Crippen molar-refractivity contribution in [2.24, 2.45) is 5.73 Å². The van der Waals surface area contributed by atoms with Gasteiger partial charge in [-0.25, -0.2) is 4.98 Å². The Kier molecular flexibility index (Phi) is 2.20. The number of halogens is 3. The molecule has 0 aliphatic heterocycles. The van der Waals surface area contributed by atoms with Crippen LogP contribution >= 0.6 is 0 Å². The summed E-state index contributed by atoms with van der Waals surface area (Å²) in [5.41, 5.74) is 5.37. The highest BCUT2D eigenvalue weighted by Crippen LogP contribution is 2.33. The van der Waals surface area contributed by atoms with Gasteiger partial charge >= 0.3 is 6.18 Å². The maximum atomic E-state index is 12.3. The fourth-order valence-corrected chi connectivity index (χ4v) is 1.67. The van der Waals surface area contributed by atoms with Gasteiger partial charge < -0.3 is 10.8 Å². The molecule has 0 saturated heterocycles. The molecule has 0 aromatic carbocycles. The summed E-state index contributed by atoms with van der Waals surface area (Å²) in [5, 5.41) is 9.37. The van der Waals surface area contributed by atoms with Crippen LogP contribution < -0.4 is 5.73 Å². The summed E-state index contributed by atoms with van der Waals surface area (Å²) in [4.78, 5) is 3.46. The normalized spacial score (nSPS) is 25.4. The van der Waals surface area contributed by atoms with E-state index >= 15 is 0 Å². The third-order valence-electron chi connectivity index (χ3n) is 2.48. The SMILES string of the molecule is NC1c2ccc(C(F)(F)F)nc2CC1O. The third-order valence-corrected chi connectivity index (χ3v) is 2.48. The van der Waals surface area contributed by atoms with E-state index in [9.17, 15) is 18.3 Å². The molecule has 2 unspecified atom stereocenters. The topological polar surface area (TPSA) is 59.1 Å². The van der Waals surface area contributed by atoms with Crippen LogP contribution in [0.1, 0.15) is 23.0 Å². The molecule has 3 N–H and O–H groups in total. The van der Waals surface area contributed by atoms with Gasteiger partial charge in [0.1, 0.15) is 5.69 Å². The second kappa shape index (κ2) is 3.18. The van der Waals surface area contributed by atoms with Crippen molar-refractivity contribution in [3.63, 3.8) is 0 Å². The molecule has 1 aliphatic rings. The van der Waals surface area contributed by atoms with Crippen LogP contribution in [0, 0.1) is 0 Å². The maximum absolute atomic E-state index is 12.3. The van der Waals surface area contributed by atoms with Gasteiger partial charge in [0.2, 0.25) is 0 Å². The lowest BCUT2D eigenvalue weighted by atomic mass is 10.1. The molecule has 0 amide bonds. The van der Waals surface area contributed by atoms with Crippen LogP contribution in [0.4, 0.5) is 13.2 Å². The lowest BCUT2D eigenvalue weighted by molar-refractivity contribution is -0.141. The maximum Gasteiger partial charge on any atom is 0.433 e. The number of rotatable bonds is 0. The molecule has 3 nitrogen and oxygen atoms in total. The number of fused-ring (bicyclic) bond motifs is 1. The summed E-state index contributed by atoms with van der Waals surface area (Å²) in [6, 6.07) is 1.54. The van der Waals surface area contributed by atoms with Gasteiger partial charge in [0.05, 0.1) is 12.1 Å². The minimum absolute atomic E-state index is 0.0837. The predicted molar refractivity (Wildman–Crippen MR) is 45.9 cm³/mol. The summed E-state index contributed by atoms with van der Waals surface area (Å²) >= 11 is 0. The minimum atomic E-state index is -4.45. The summed E-state index contributed by atoms with van der Waals surface area (Å²) in [5.74, 6) is 0. The fraction of sp³-hybridized carbons (Fsp3) is 0.444. The van der Waals surface area contributed by atoms with Gasteiger partial charge in [-0.05, 0) is 11.6 Å². The van der Waals surface area contributed by atoms with E-state index in [-0.39, 0.29) is 12.1 Å². The van der Waals surface area contributed by atoms with E-state index < -0.39 is 24.0 Å². The second-order valence-electron chi connectivity index (χ2n) is 3.53. The van der Waals surface area contributed by atoms with Crippen LogP contribution in [-0.4, -0.2) is 16.2 Å². The van der Waals surface area contributed by atoms with Gasteiger partial charge in [0.25, 0.3) is 0 Å². The van der Waals surface area contributed by atoms with Crippen LogP contribution in [0.25, 0.3) is 0 Å². The smallest absolute Gasteiger partial charge is 0.391 e. The number of aliphatic hydroxyl groups excluding tert-OH is 1. The standard InChI is InChI=1S/C9H9F3N2O/c10-9(11,12)7-2-1-4-5(14-7)3-6(15)8(4)13/h1-2,6,8,15H,3,13H2. The van der Waals surface area contributed by atoms with Crippen molar-refractivity contribution in [1.29, 1.82) is 0 Å². The van der Waals surface area contributed by atoms with E-state index in [0.29, 0.717) is 5.56 Å². The molecule has 82 valence electrons. The average Bonchev–Trinajstić information content (AvgIpc) is 2.41. The molecule has 1 aromatic rings. The first-order valence-corrected chi connectivity index (χ1v) is 4.40. The van der Waals surface area contributed by atoms with Crippen LogP contribution in [0.5, 0.6) is 0 Å². The molecular weight excluding hydrogens is 209 g/mol. The number of pyridine rings is 1. The number of aromatic nitrogens is 1. The zero-order valence-electron chi connectivity index (χ0n) is 7.62. The molecule has 0 saturated carbocycles. The first kappa shape index (κ1) is 10.4. The van der Waals surface area contributed by atoms with Crippen molar-refractivity contribution < 1.29 is 18.3 Å². The monoisotopic (exact) mass is 218 g/mol. The molecule has 6 heteroatoms. The number of hydrogen-bond acceptors (Lipinski definition) is 3. The van der Waals surface area contributed by atoms with E-state index in [1.165, 1.54) is 6.07 Å². The summed E-state index contributed by atoms with van der Waals surface area (Å²) < 4.78 is 36.9. The Balaban J connectivity index is 2.42. The molecule has 0 spiro atoms. The molecule has 1 aliphatic carbocycles. The molecule has 0 radical (unpaired) electrons. The molecule has 15 heavy (non-hydrogen) atoms. The van der Waals surface area contributed by atoms with Crippen LogP contribution in [0.3, 0.4) is 0 Å². The number of nitrogens with two attached hydrogens (primary N) is 1. The van der Waals surface area contributed by atoms with Gasteiger partial charge in [0, 0.05) is 12.1 Å². The van der Waals surface area contributed by atoms with Crippen molar-refractivity contribution in [3.8, 4) is 0 Å². The van der Waals surface area contributed by atoms with Gasteiger partial charge in [-0.3, -0.25) is 0 Å². The van der Waals surface area contributed by atoms with Crippen molar-refractivity contribution >= 4 is 0 Å². The van der Waals surface area contributed by atoms with E-state index in [1.807, 2.05) is 0 Å². The Morgan fingerprint density at radius 1 is 1.40 bits per heavy atom. The highest BCUT2D eigenvalue weighted by molar-refractivity contribution is 5.33. The zero-order chi connectivity index (χ0) is 11.2. The Hall–Kier alpha value is -1.14. The molecule has 1 heterocycles. The number of aliphatic hydroxyl groups is 1. The highest BCUT2D eigenvalue weighted by atomic mass is 19.4. The second-order valence-corrected chi connectivity index (χ2v) is 3.53. The largest absolute Gasteiger partial charge is 0.433 e. The Bertz CT molecular complexity index is 391. The summed E-state index contributed by atoms with van der Waals surface area (Å²) in [6.07, 6.45) is -5.21. The lowest BCUT2D eigenvalue weighted by Gasteiger charge is -2.09. The van der Waals surface area contributed by atoms with Crippen molar-refractivity contribution in [2.45, 2.75) is 24.7 Å². The van der Waals surface area contributed by atoms with E-state index in [0.717, 1.165) is 6.07 Å². The minimum Gasteiger partial charge on any atom is -0.391 e. The van der Waals surface area contributed by atoms with Crippen LogP contribution in [0.2, 0.25) is 0 Å².